The van der Waals surface area contributed by atoms with Crippen LogP contribution in [0.25, 0.3) is 11.3 Å². The number of benzene rings is 2. The molecule has 25 heavy (non-hydrogen) atoms. The summed E-state index contributed by atoms with van der Waals surface area (Å²) in [5, 5.41) is 0. The molecule has 0 bridgehead atoms. The number of hydrogen-bond donors (Lipinski definition) is 0. The molecular weight excluding hydrogens is 332 g/mol. The first-order chi connectivity index (χ1) is 12.0. The van der Waals surface area contributed by atoms with Crippen molar-refractivity contribution in [3.8, 4) is 11.3 Å². The lowest BCUT2D eigenvalue weighted by molar-refractivity contribution is 0.598. The van der Waals surface area contributed by atoms with E-state index in [9.17, 15) is 8.42 Å². The molecule has 0 aliphatic heterocycles. The van der Waals surface area contributed by atoms with Crippen molar-refractivity contribution in [1.29, 1.82) is 0 Å². The van der Waals surface area contributed by atoms with E-state index in [1.54, 1.807) is 37.3 Å². The highest BCUT2D eigenvalue weighted by atomic mass is 32.2. The fraction of sp³-hybridized carbons (Fsp3) is 0.100. The van der Waals surface area contributed by atoms with Gasteiger partial charge in [0.25, 0.3) is 10.0 Å². The summed E-state index contributed by atoms with van der Waals surface area (Å²) in [5.41, 5.74) is 3.64. The number of aromatic nitrogens is 1. The summed E-state index contributed by atoms with van der Waals surface area (Å²) in [7, 11) is -3.75. The van der Waals surface area contributed by atoms with Crippen LogP contribution in [0.1, 0.15) is 18.2 Å². The Morgan fingerprint density at radius 2 is 1.56 bits per heavy atom. The summed E-state index contributed by atoms with van der Waals surface area (Å²) in [6.45, 7) is 3.56. The van der Waals surface area contributed by atoms with E-state index in [1.807, 2.05) is 49.4 Å². The maximum atomic E-state index is 12.5. The van der Waals surface area contributed by atoms with E-state index < -0.39 is 10.0 Å². The molecule has 3 rings (SSSR count). The van der Waals surface area contributed by atoms with Crippen molar-refractivity contribution >= 4 is 15.7 Å². The molecule has 1 heterocycles. The monoisotopic (exact) mass is 350 g/mol. The number of rotatable bonds is 4. The second-order valence-electron chi connectivity index (χ2n) is 5.74. The first kappa shape index (κ1) is 17.0. The molecule has 0 aliphatic carbocycles. The molecule has 0 saturated heterocycles. The van der Waals surface area contributed by atoms with Crippen molar-refractivity contribution in [2.24, 2.45) is 4.40 Å². The van der Waals surface area contributed by atoms with Gasteiger partial charge < -0.3 is 0 Å². The topological polar surface area (TPSA) is 59.4 Å². The summed E-state index contributed by atoms with van der Waals surface area (Å²) in [5.74, 6) is 0. The van der Waals surface area contributed by atoms with E-state index in [1.165, 1.54) is 0 Å². The highest BCUT2D eigenvalue weighted by Crippen LogP contribution is 2.18. The average molecular weight is 350 g/mol. The molecule has 0 spiro atoms. The van der Waals surface area contributed by atoms with Gasteiger partial charge in [-0.3, -0.25) is 0 Å². The lowest BCUT2D eigenvalue weighted by Gasteiger charge is -2.05. The van der Waals surface area contributed by atoms with Crippen LogP contribution >= 0.6 is 0 Å². The summed E-state index contributed by atoms with van der Waals surface area (Å²) < 4.78 is 28.9. The molecule has 0 fully saturated rings. The Hall–Kier alpha value is -2.79. The molecule has 0 N–H and O–H groups in total. The van der Waals surface area contributed by atoms with Gasteiger partial charge in [0.1, 0.15) is 0 Å². The summed E-state index contributed by atoms with van der Waals surface area (Å²) >= 11 is 0. The van der Waals surface area contributed by atoms with Gasteiger partial charge in [-0.25, -0.2) is 4.98 Å². The first-order valence-electron chi connectivity index (χ1n) is 7.87. The third-order valence-electron chi connectivity index (χ3n) is 3.77. The first-order valence-corrected chi connectivity index (χ1v) is 9.31. The molecule has 5 heteroatoms. The molecule has 2 aromatic carbocycles. The van der Waals surface area contributed by atoms with E-state index in [0.717, 1.165) is 16.8 Å². The van der Waals surface area contributed by atoms with E-state index in [0.29, 0.717) is 11.4 Å². The Bertz CT molecular complexity index is 1010. The van der Waals surface area contributed by atoms with Crippen LogP contribution in [0.5, 0.6) is 0 Å². The van der Waals surface area contributed by atoms with Gasteiger partial charge in [-0.2, -0.15) is 12.8 Å². The Morgan fingerprint density at radius 1 is 0.880 bits per heavy atom. The van der Waals surface area contributed by atoms with Gasteiger partial charge in [-0.15, -0.1) is 0 Å². The summed E-state index contributed by atoms with van der Waals surface area (Å²) in [6.07, 6.45) is 0. The van der Waals surface area contributed by atoms with Crippen LogP contribution < -0.4 is 0 Å². The second-order valence-corrected chi connectivity index (χ2v) is 7.34. The number of pyridine rings is 1. The minimum atomic E-state index is -3.75. The van der Waals surface area contributed by atoms with Crippen LogP contribution in [0.3, 0.4) is 0 Å². The predicted octanol–water partition coefficient (Wildman–Crippen LogP) is 4.25. The number of sulfonamides is 1. The predicted molar refractivity (Wildman–Crippen MR) is 100 cm³/mol. The zero-order valence-corrected chi connectivity index (χ0v) is 14.9. The molecule has 0 amide bonds. The van der Waals surface area contributed by atoms with Crippen molar-refractivity contribution in [3.63, 3.8) is 0 Å². The smallest absolute Gasteiger partial charge is 0.246 e. The van der Waals surface area contributed by atoms with Crippen molar-refractivity contribution in [2.75, 3.05) is 0 Å². The van der Waals surface area contributed by atoms with Crippen LogP contribution in [0.15, 0.2) is 82.1 Å². The van der Waals surface area contributed by atoms with Crippen LogP contribution in [-0.2, 0) is 10.0 Å². The third-order valence-corrected chi connectivity index (χ3v) is 5.15. The fourth-order valence-electron chi connectivity index (χ4n) is 2.40. The quantitative estimate of drug-likeness (QED) is 0.661. The zero-order valence-electron chi connectivity index (χ0n) is 14.0. The Morgan fingerprint density at radius 3 is 2.24 bits per heavy atom. The maximum Gasteiger partial charge on any atom is 0.282 e. The molecule has 126 valence electrons. The van der Waals surface area contributed by atoms with E-state index >= 15 is 0 Å². The van der Waals surface area contributed by atoms with E-state index in [-0.39, 0.29) is 4.90 Å². The minimum absolute atomic E-state index is 0.177. The van der Waals surface area contributed by atoms with Crippen LogP contribution in [0.2, 0.25) is 0 Å². The molecule has 0 aliphatic rings. The van der Waals surface area contributed by atoms with Gasteiger partial charge in [0, 0.05) is 5.56 Å². The molecule has 0 saturated carbocycles. The Kier molecular flexibility index (Phi) is 4.76. The highest BCUT2D eigenvalue weighted by molar-refractivity contribution is 7.90. The lowest BCUT2D eigenvalue weighted by atomic mass is 10.1. The van der Waals surface area contributed by atoms with Gasteiger partial charge in [-0.1, -0.05) is 54.1 Å². The van der Waals surface area contributed by atoms with E-state index in [2.05, 4.69) is 9.38 Å². The number of hydrogen-bond acceptors (Lipinski definition) is 3. The van der Waals surface area contributed by atoms with Gasteiger partial charge >= 0.3 is 0 Å². The molecule has 1 aromatic heterocycles. The fourth-order valence-corrected chi connectivity index (χ4v) is 3.44. The summed E-state index contributed by atoms with van der Waals surface area (Å²) in [4.78, 5) is 4.72. The standard InChI is InChI=1S/C20H18N2O2S/c1-15-11-13-18(14-12-15)25(23,24)22-16(2)19-9-6-10-20(21-19)17-7-4-3-5-8-17/h3-14H,1-2H3/b22-16-. The molecule has 0 atom stereocenters. The van der Waals surface area contributed by atoms with Crippen molar-refractivity contribution in [1.82, 2.24) is 4.98 Å². The Labute approximate surface area is 148 Å². The lowest BCUT2D eigenvalue weighted by Crippen LogP contribution is -2.05. The zero-order chi connectivity index (χ0) is 17.9. The Balaban J connectivity index is 1.96. The van der Waals surface area contributed by atoms with Crippen LogP contribution in [0, 0.1) is 6.92 Å². The van der Waals surface area contributed by atoms with Crippen LogP contribution in [0.4, 0.5) is 0 Å². The number of aryl methyl sites for hydroxylation is 1. The molecular formula is C20H18N2O2S. The van der Waals surface area contributed by atoms with Crippen molar-refractivity contribution < 1.29 is 8.42 Å². The maximum absolute atomic E-state index is 12.5. The highest BCUT2D eigenvalue weighted by Gasteiger charge is 2.14. The molecule has 0 unspecified atom stereocenters. The van der Waals surface area contributed by atoms with Gasteiger partial charge in [0.2, 0.25) is 0 Å². The normalized spacial score (nSPS) is 12.2. The molecule has 4 nitrogen and oxygen atoms in total. The minimum Gasteiger partial charge on any atom is -0.246 e. The average Bonchev–Trinajstić information content (AvgIpc) is 2.62. The van der Waals surface area contributed by atoms with Gasteiger partial charge in [0.05, 0.1) is 22.0 Å². The van der Waals surface area contributed by atoms with Gasteiger partial charge in [-0.05, 0) is 38.1 Å². The number of nitrogens with zero attached hydrogens (tertiary/aromatic N) is 2. The SMILES string of the molecule is C/C(=N/S(=O)(=O)c1ccc(C)cc1)c1cccc(-c2ccccc2)n1. The third kappa shape index (κ3) is 4.00. The molecule has 0 radical (unpaired) electrons. The van der Waals surface area contributed by atoms with Crippen LogP contribution in [-0.4, -0.2) is 19.1 Å². The molecule has 3 aromatic rings. The van der Waals surface area contributed by atoms with Gasteiger partial charge in [0.15, 0.2) is 0 Å². The second kappa shape index (κ2) is 6.99. The van der Waals surface area contributed by atoms with E-state index in [4.69, 9.17) is 0 Å². The van der Waals surface area contributed by atoms with Crippen molar-refractivity contribution in [3.05, 3.63) is 84.1 Å². The largest absolute Gasteiger partial charge is 0.282 e. The summed E-state index contributed by atoms with van der Waals surface area (Å²) in [6, 6.07) is 21.9. The van der Waals surface area contributed by atoms with Crippen molar-refractivity contribution in [2.45, 2.75) is 18.7 Å².